The quantitative estimate of drug-likeness (QED) is 0.751. The molecule has 1 aliphatic rings. The SMILES string of the molecule is CC1(C)CC(Nc2ccncn2)C1. The van der Waals surface area contributed by atoms with Crippen molar-refractivity contribution in [1.29, 1.82) is 0 Å². The molecule has 0 radical (unpaired) electrons. The van der Waals surface area contributed by atoms with Crippen molar-refractivity contribution in [2.75, 3.05) is 5.32 Å². The summed E-state index contributed by atoms with van der Waals surface area (Å²) >= 11 is 0. The monoisotopic (exact) mass is 177 g/mol. The fourth-order valence-corrected chi connectivity index (χ4v) is 1.96. The molecule has 0 unspecified atom stereocenters. The van der Waals surface area contributed by atoms with E-state index in [9.17, 15) is 0 Å². The zero-order valence-electron chi connectivity index (χ0n) is 8.12. The second kappa shape index (κ2) is 2.98. The highest BCUT2D eigenvalue weighted by Crippen LogP contribution is 2.40. The Bertz CT molecular complexity index is 273. The molecule has 1 aromatic rings. The molecule has 3 nitrogen and oxygen atoms in total. The van der Waals surface area contributed by atoms with Gasteiger partial charge in [-0.1, -0.05) is 13.8 Å². The molecular weight excluding hydrogens is 162 g/mol. The highest BCUT2D eigenvalue weighted by Gasteiger charge is 2.35. The molecule has 2 rings (SSSR count). The predicted molar refractivity (Wildman–Crippen MR) is 52.5 cm³/mol. The molecule has 0 aliphatic heterocycles. The Kier molecular flexibility index (Phi) is 1.94. The van der Waals surface area contributed by atoms with Crippen molar-refractivity contribution < 1.29 is 0 Å². The molecule has 1 aromatic heterocycles. The van der Waals surface area contributed by atoms with Crippen molar-refractivity contribution in [1.82, 2.24) is 9.97 Å². The van der Waals surface area contributed by atoms with E-state index in [1.54, 1.807) is 12.5 Å². The molecule has 1 heterocycles. The van der Waals surface area contributed by atoms with Gasteiger partial charge in [-0.2, -0.15) is 0 Å². The molecule has 1 N–H and O–H groups in total. The van der Waals surface area contributed by atoms with Gasteiger partial charge >= 0.3 is 0 Å². The third-order valence-electron chi connectivity index (χ3n) is 2.53. The number of aromatic nitrogens is 2. The summed E-state index contributed by atoms with van der Waals surface area (Å²) in [5.74, 6) is 0.940. The average molecular weight is 177 g/mol. The summed E-state index contributed by atoms with van der Waals surface area (Å²) in [5, 5.41) is 3.38. The smallest absolute Gasteiger partial charge is 0.129 e. The van der Waals surface area contributed by atoms with Crippen LogP contribution in [-0.2, 0) is 0 Å². The molecule has 0 saturated heterocycles. The van der Waals surface area contributed by atoms with Crippen LogP contribution in [0.15, 0.2) is 18.6 Å². The lowest BCUT2D eigenvalue weighted by Gasteiger charge is -2.43. The van der Waals surface area contributed by atoms with Crippen molar-refractivity contribution in [3.63, 3.8) is 0 Å². The van der Waals surface area contributed by atoms with E-state index in [0.29, 0.717) is 11.5 Å². The van der Waals surface area contributed by atoms with Gasteiger partial charge in [0, 0.05) is 12.2 Å². The summed E-state index contributed by atoms with van der Waals surface area (Å²) in [5.41, 5.74) is 0.519. The maximum Gasteiger partial charge on any atom is 0.129 e. The van der Waals surface area contributed by atoms with Crippen LogP contribution in [0, 0.1) is 5.41 Å². The molecule has 1 aliphatic carbocycles. The standard InChI is InChI=1S/C10H15N3/c1-10(2)5-8(6-10)13-9-3-4-11-7-12-9/h3-4,7-8H,5-6H2,1-2H3,(H,11,12,13). The summed E-state index contributed by atoms with van der Waals surface area (Å²) in [6, 6.07) is 2.51. The molecule has 0 amide bonds. The van der Waals surface area contributed by atoms with E-state index < -0.39 is 0 Å². The van der Waals surface area contributed by atoms with Crippen molar-refractivity contribution in [3.8, 4) is 0 Å². The van der Waals surface area contributed by atoms with Gasteiger partial charge in [-0.3, -0.25) is 0 Å². The zero-order chi connectivity index (χ0) is 9.31. The van der Waals surface area contributed by atoms with E-state index >= 15 is 0 Å². The lowest BCUT2D eigenvalue weighted by Crippen LogP contribution is -2.41. The summed E-state index contributed by atoms with van der Waals surface area (Å²) in [6.45, 7) is 4.59. The van der Waals surface area contributed by atoms with E-state index in [0.717, 1.165) is 5.82 Å². The molecule has 0 aromatic carbocycles. The first-order valence-electron chi connectivity index (χ1n) is 4.68. The first-order chi connectivity index (χ1) is 6.16. The average Bonchev–Trinajstić information content (AvgIpc) is 2.03. The molecule has 13 heavy (non-hydrogen) atoms. The molecule has 1 saturated carbocycles. The van der Waals surface area contributed by atoms with E-state index in [2.05, 4.69) is 29.1 Å². The number of nitrogens with zero attached hydrogens (tertiary/aromatic N) is 2. The van der Waals surface area contributed by atoms with Crippen LogP contribution in [0.1, 0.15) is 26.7 Å². The second-order valence-corrected chi connectivity index (χ2v) is 4.51. The number of hydrogen-bond donors (Lipinski definition) is 1. The maximum atomic E-state index is 4.13. The summed E-state index contributed by atoms with van der Waals surface area (Å²) < 4.78 is 0. The highest BCUT2D eigenvalue weighted by molar-refractivity contribution is 5.34. The minimum Gasteiger partial charge on any atom is -0.367 e. The molecule has 0 spiro atoms. The Morgan fingerprint density at radius 1 is 1.46 bits per heavy atom. The Balaban J connectivity index is 1.88. The van der Waals surface area contributed by atoms with Crippen molar-refractivity contribution in [2.24, 2.45) is 5.41 Å². The maximum absolute atomic E-state index is 4.13. The molecule has 1 fully saturated rings. The Morgan fingerprint density at radius 2 is 2.23 bits per heavy atom. The Labute approximate surface area is 78.6 Å². The number of hydrogen-bond acceptors (Lipinski definition) is 3. The van der Waals surface area contributed by atoms with Crippen molar-refractivity contribution in [2.45, 2.75) is 32.7 Å². The van der Waals surface area contributed by atoms with Gasteiger partial charge in [0.15, 0.2) is 0 Å². The van der Waals surface area contributed by atoms with Crippen LogP contribution >= 0.6 is 0 Å². The van der Waals surface area contributed by atoms with E-state index in [1.165, 1.54) is 12.8 Å². The fourth-order valence-electron chi connectivity index (χ4n) is 1.96. The van der Waals surface area contributed by atoms with Gasteiger partial charge in [0.25, 0.3) is 0 Å². The van der Waals surface area contributed by atoms with Gasteiger partial charge in [-0.15, -0.1) is 0 Å². The Morgan fingerprint density at radius 3 is 2.77 bits per heavy atom. The van der Waals surface area contributed by atoms with Crippen LogP contribution in [0.25, 0.3) is 0 Å². The summed E-state index contributed by atoms with van der Waals surface area (Å²) in [4.78, 5) is 8.00. The van der Waals surface area contributed by atoms with E-state index in [-0.39, 0.29) is 0 Å². The Hall–Kier alpha value is -1.12. The second-order valence-electron chi connectivity index (χ2n) is 4.51. The van der Waals surface area contributed by atoms with Crippen molar-refractivity contribution >= 4 is 5.82 Å². The molecule has 70 valence electrons. The molecule has 0 bridgehead atoms. The minimum absolute atomic E-state index is 0.519. The number of nitrogens with one attached hydrogen (secondary N) is 1. The summed E-state index contributed by atoms with van der Waals surface area (Å²) in [7, 11) is 0. The predicted octanol–water partition coefficient (Wildman–Crippen LogP) is 2.08. The topological polar surface area (TPSA) is 37.8 Å². The zero-order valence-corrected chi connectivity index (χ0v) is 8.12. The number of anilines is 1. The lowest BCUT2D eigenvalue weighted by molar-refractivity contribution is 0.167. The van der Waals surface area contributed by atoms with Crippen LogP contribution in [0.3, 0.4) is 0 Å². The van der Waals surface area contributed by atoms with Crippen LogP contribution in [0.2, 0.25) is 0 Å². The van der Waals surface area contributed by atoms with Gasteiger partial charge in [0.2, 0.25) is 0 Å². The van der Waals surface area contributed by atoms with Gasteiger partial charge in [0.1, 0.15) is 12.1 Å². The normalized spacial score (nSPS) is 20.8. The number of rotatable bonds is 2. The van der Waals surface area contributed by atoms with E-state index in [4.69, 9.17) is 0 Å². The first kappa shape index (κ1) is 8.48. The minimum atomic E-state index is 0.519. The van der Waals surface area contributed by atoms with Crippen LogP contribution < -0.4 is 5.32 Å². The highest BCUT2D eigenvalue weighted by atomic mass is 15.0. The lowest BCUT2D eigenvalue weighted by atomic mass is 9.68. The van der Waals surface area contributed by atoms with Gasteiger partial charge in [-0.25, -0.2) is 9.97 Å². The van der Waals surface area contributed by atoms with Crippen LogP contribution in [0.4, 0.5) is 5.82 Å². The van der Waals surface area contributed by atoms with Gasteiger partial charge < -0.3 is 5.32 Å². The molecule has 3 heteroatoms. The summed E-state index contributed by atoms with van der Waals surface area (Å²) in [6.07, 6.45) is 5.80. The van der Waals surface area contributed by atoms with Crippen LogP contribution in [0.5, 0.6) is 0 Å². The molecule has 0 atom stereocenters. The largest absolute Gasteiger partial charge is 0.367 e. The van der Waals surface area contributed by atoms with Gasteiger partial charge in [0.05, 0.1) is 0 Å². The first-order valence-corrected chi connectivity index (χ1v) is 4.68. The third kappa shape index (κ3) is 1.97. The van der Waals surface area contributed by atoms with Gasteiger partial charge in [-0.05, 0) is 24.3 Å². The van der Waals surface area contributed by atoms with Crippen LogP contribution in [-0.4, -0.2) is 16.0 Å². The third-order valence-corrected chi connectivity index (χ3v) is 2.53. The molecular formula is C10H15N3. The van der Waals surface area contributed by atoms with Crippen molar-refractivity contribution in [3.05, 3.63) is 18.6 Å². The fraction of sp³-hybridized carbons (Fsp3) is 0.600. The van der Waals surface area contributed by atoms with E-state index in [1.807, 2.05) is 6.07 Å².